The van der Waals surface area contributed by atoms with Crippen LogP contribution < -0.4 is 4.90 Å². The third-order valence-corrected chi connectivity index (χ3v) is 5.12. The van der Waals surface area contributed by atoms with E-state index in [-0.39, 0.29) is 0 Å². The maximum absolute atomic E-state index is 4.82. The van der Waals surface area contributed by atoms with Gasteiger partial charge in [-0.2, -0.15) is 5.10 Å². The Bertz CT molecular complexity index is 882. The van der Waals surface area contributed by atoms with Crippen LogP contribution in [0.1, 0.15) is 11.3 Å². The Kier molecular flexibility index (Phi) is 3.57. The number of anilines is 1. The fraction of sp³-hybridized carbons (Fsp3) is 0.444. The minimum Gasteiger partial charge on any atom is -0.369 e. The van der Waals surface area contributed by atoms with E-state index in [4.69, 9.17) is 4.98 Å². The zero-order valence-corrected chi connectivity index (χ0v) is 14.8. The first-order chi connectivity index (χ1) is 11.5. The van der Waals surface area contributed by atoms with Crippen molar-refractivity contribution < 1.29 is 0 Å². The van der Waals surface area contributed by atoms with Gasteiger partial charge in [0.05, 0.1) is 22.8 Å². The fourth-order valence-corrected chi connectivity index (χ4v) is 3.38. The summed E-state index contributed by atoms with van der Waals surface area (Å²) in [6.45, 7) is 8.58. The van der Waals surface area contributed by atoms with E-state index in [9.17, 15) is 0 Å². The summed E-state index contributed by atoms with van der Waals surface area (Å²) >= 11 is 0. The summed E-state index contributed by atoms with van der Waals surface area (Å²) in [5.74, 6) is 0.897. The van der Waals surface area contributed by atoms with Crippen LogP contribution >= 0.6 is 0 Å². The molecule has 0 saturated carbocycles. The van der Waals surface area contributed by atoms with Crippen LogP contribution in [0, 0.1) is 13.8 Å². The van der Waals surface area contributed by atoms with Crippen molar-refractivity contribution in [2.45, 2.75) is 13.8 Å². The molecule has 1 aliphatic rings. The van der Waals surface area contributed by atoms with Gasteiger partial charge in [-0.05, 0) is 38.6 Å². The molecule has 0 spiro atoms. The zero-order valence-electron chi connectivity index (χ0n) is 14.8. The molecule has 1 saturated heterocycles. The Balaban J connectivity index is 1.74. The number of hydrogen-bond acceptors (Lipinski definition) is 4. The second-order valence-corrected chi connectivity index (χ2v) is 6.80. The average molecular weight is 324 g/mol. The van der Waals surface area contributed by atoms with Crippen molar-refractivity contribution >= 4 is 16.7 Å². The summed E-state index contributed by atoms with van der Waals surface area (Å²) in [6, 6.07) is 4.49. The Labute approximate surface area is 142 Å². The number of imidazole rings is 1. The maximum atomic E-state index is 4.82. The highest BCUT2D eigenvalue weighted by Crippen LogP contribution is 2.29. The highest BCUT2D eigenvalue weighted by atomic mass is 15.3. The zero-order chi connectivity index (χ0) is 16.8. The van der Waals surface area contributed by atoms with Gasteiger partial charge >= 0.3 is 0 Å². The Morgan fingerprint density at radius 3 is 2.46 bits per heavy atom. The second kappa shape index (κ2) is 5.63. The Morgan fingerprint density at radius 1 is 1.04 bits per heavy atom. The van der Waals surface area contributed by atoms with Crippen molar-refractivity contribution in [1.82, 2.24) is 24.6 Å². The van der Waals surface area contributed by atoms with Gasteiger partial charge in [0.2, 0.25) is 0 Å². The number of aromatic amines is 1. The molecule has 1 fully saturated rings. The number of likely N-dealkylation sites (N-methyl/N-ethyl adjacent to an activating group) is 1. The molecule has 3 heterocycles. The summed E-state index contributed by atoms with van der Waals surface area (Å²) in [4.78, 5) is 13.1. The van der Waals surface area contributed by atoms with Crippen LogP contribution in [0.2, 0.25) is 0 Å². The molecule has 0 bridgehead atoms. The quantitative estimate of drug-likeness (QED) is 0.786. The molecular formula is C18H24N6. The monoisotopic (exact) mass is 324 g/mol. The number of fused-ring (bicyclic) bond motifs is 1. The summed E-state index contributed by atoms with van der Waals surface area (Å²) in [6.07, 6.45) is 1.88. The number of nitrogens with one attached hydrogen (secondary N) is 1. The van der Waals surface area contributed by atoms with Gasteiger partial charge in [0, 0.05) is 44.6 Å². The van der Waals surface area contributed by atoms with Gasteiger partial charge in [-0.1, -0.05) is 0 Å². The molecule has 24 heavy (non-hydrogen) atoms. The molecule has 0 aliphatic carbocycles. The summed E-state index contributed by atoms with van der Waals surface area (Å²) in [5, 5.41) is 4.33. The largest absolute Gasteiger partial charge is 0.369 e. The van der Waals surface area contributed by atoms with E-state index in [0.717, 1.165) is 54.3 Å². The van der Waals surface area contributed by atoms with E-state index < -0.39 is 0 Å². The lowest BCUT2D eigenvalue weighted by Gasteiger charge is -2.34. The van der Waals surface area contributed by atoms with E-state index in [2.05, 4.69) is 52.9 Å². The van der Waals surface area contributed by atoms with E-state index in [1.54, 1.807) is 0 Å². The third-order valence-electron chi connectivity index (χ3n) is 5.12. The van der Waals surface area contributed by atoms with E-state index in [1.165, 1.54) is 11.3 Å². The Hall–Kier alpha value is -2.34. The van der Waals surface area contributed by atoms with Crippen LogP contribution in [0.5, 0.6) is 0 Å². The van der Waals surface area contributed by atoms with Crippen molar-refractivity contribution in [2.75, 3.05) is 38.1 Å². The van der Waals surface area contributed by atoms with Crippen LogP contribution in [0.15, 0.2) is 18.3 Å². The van der Waals surface area contributed by atoms with Gasteiger partial charge in [-0.3, -0.25) is 4.68 Å². The number of nitrogens with zero attached hydrogens (tertiary/aromatic N) is 5. The normalized spacial score (nSPS) is 16.2. The first-order valence-corrected chi connectivity index (χ1v) is 8.46. The number of rotatable bonds is 2. The standard InChI is InChI=1S/C18H24N6/c1-12-9-14(24-7-5-22(3)6-8-24)10-16-17(12)21-18(20-16)15-11-19-23(4)13(15)2/h9-11H,5-8H2,1-4H3,(H,20,21). The molecule has 1 N–H and O–H groups in total. The molecule has 3 aromatic rings. The lowest BCUT2D eigenvalue weighted by atomic mass is 10.1. The van der Waals surface area contributed by atoms with Crippen molar-refractivity contribution in [2.24, 2.45) is 7.05 Å². The molecule has 6 nitrogen and oxygen atoms in total. The number of piperazine rings is 1. The van der Waals surface area contributed by atoms with E-state index in [0.29, 0.717) is 0 Å². The Morgan fingerprint density at radius 2 is 1.79 bits per heavy atom. The number of H-pyrrole nitrogens is 1. The number of aryl methyl sites for hydroxylation is 2. The first kappa shape index (κ1) is 15.2. The van der Waals surface area contributed by atoms with Crippen LogP contribution in [-0.2, 0) is 7.05 Å². The molecule has 6 heteroatoms. The van der Waals surface area contributed by atoms with Crippen molar-refractivity contribution in [3.8, 4) is 11.4 Å². The molecule has 1 aliphatic heterocycles. The van der Waals surface area contributed by atoms with Crippen LogP contribution in [0.3, 0.4) is 0 Å². The predicted octanol–water partition coefficient (Wildman–Crippen LogP) is 2.33. The number of benzene rings is 1. The topological polar surface area (TPSA) is 53.0 Å². The van der Waals surface area contributed by atoms with Gasteiger partial charge < -0.3 is 14.8 Å². The van der Waals surface area contributed by atoms with Crippen molar-refractivity contribution in [1.29, 1.82) is 0 Å². The molecular weight excluding hydrogens is 300 g/mol. The lowest BCUT2D eigenvalue weighted by Crippen LogP contribution is -2.44. The lowest BCUT2D eigenvalue weighted by molar-refractivity contribution is 0.313. The first-order valence-electron chi connectivity index (χ1n) is 8.46. The predicted molar refractivity (Wildman–Crippen MR) is 97.5 cm³/mol. The van der Waals surface area contributed by atoms with Crippen LogP contribution in [-0.4, -0.2) is 57.9 Å². The summed E-state index contributed by atoms with van der Waals surface area (Å²) in [5.41, 5.74) is 6.82. The summed E-state index contributed by atoms with van der Waals surface area (Å²) in [7, 11) is 4.14. The van der Waals surface area contributed by atoms with Gasteiger partial charge in [-0.15, -0.1) is 0 Å². The molecule has 0 amide bonds. The van der Waals surface area contributed by atoms with Crippen molar-refractivity contribution in [3.05, 3.63) is 29.6 Å². The SMILES string of the molecule is Cc1cc(N2CCN(C)CC2)cc2[nH]c(-c3cnn(C)c3C)nc12. The molecule has 0 atom stereocenters. The number of hydrogen-bond donors (Lipinski definition) is 1. The fourth-order valence-electron chi connectivity index (χ4n) is 3.38. The molecule has 2 aromatic heterocycles. The van der Waals surface area contributed by atoms with Crippen molar-refractivity contribution in [3.63, 3.8) is 0 Å². The van der Waals surface area contributed by atoms with Crippen LogP contribution in [0.4, 0.5) is 5.69 Å². The van der Waals surface area contributed by atoms with E-state index >= 15 is 0 Å². The maximum Gasteiger partial charge on any atom is 0.141 e. The van der Waals surface area contributed by atoms with E-state index in [1.807, 2.05) is 17.9 Å². The summed E-state index contributed by atoms with van der Waals surface area (Å²) < 4.78 is 1.88. The van der Waals surface area contributed by atoms with Gasteiger partial charge in [-0.25, -0.2) is 4.98 Å². The molecule has 0 radical (unpaired) electrons. The minimum absolute atomic E-state index is 0.897. The highest BCUT2D eigenvalue weighted by molar-refractivity contribution is 5.86. The molecule has 126 valence electrons. The smallest absolute Gasteiger partial charge is 0.141 e. The molecule has 0 unspecified atom stereocenters. The molecule has 1 aromatic carbocycles. The van der Waals surface area contributed by atoms with Gasteiger partial charge in [0.15, 0.2) is 0 Å². The van der Waals surface area contributed by atoms with Gasteiger partial charge in [0.1, 0.15) is 5.82 Å². The van der Waals surface area contributed by atoms with Crippen LogP contribution in [0.25, 0.3) is 22.4 Å². The van der Waals surface area contributed by atoms with Gasteiger partial charge in [0.25, 0.3) is 0 Å². The number of aromatic nitrogens is 4. The molecule has 4 rings (SSSR count). The second-order valence-electron chi connectivity index (χ2n) is 6.80. The highest BCUT2D eigenvalue weighted by Gasteiger charge is 2.17. The third kappa shape index (κ3) is 2.47. The average Bonchev–Trinajstić information content (AvgIpc) is 3.12. The minimum atomic E-state index is 0.897.